The third kappa shape index (κ3) is 7.05. The van der Waals surface area contributed by atoms with Gasteiger partial charge in [0.15, 0.2) is 0 Å². The number of hydrogen-bond acceptors (Lipinski definition) is 4. The van der Waals surface area contributed by atoms with Gasteiger partial charge < -0.3 is 10.1 Å². The van der Waals surface area contributed by atoms with E-state index >= 15 is 0 Å². The van der Waals surface area contributed by atoms with Gasteiger partial charge in [0.05, 0.1) is 0 Å². The van der Waals surface area contributed by atoms with Gasteiger partial charge in [-0.1, -0.05) is 30.3 Å². The summed E-state index contributed by atoms with van der Waals surface area (Å²) in [4.78, 5) is 22.0. The number of benzene rings is 1. The second-order valence-electron chi connectivity index (χ2n) is 3.98. The van der Waals surface area contributed by atoms with Gasteiger partial charge in [-0.25, -0.2) is 10.3 Å². The summed E-state index contributed by atoms with van der Waals surface area (Å²) in [6.07, 6.45) is 0.992. The number of rotatable bonds is 7. The fourth-order valence-electron chi connectivity index (χ4n) is 1.43. The van der Waals surface area contributed by atoms with Crippen LogP contribution in [0.25, 0.3) is 0 Å². The van der Waals surface area contributed by atoms with Crippen LogP contribution < -0.4 is 10.8 Å². The molecule has 6 heteroatoms. The van der Waals surface area contributed by atoms with Crippen LogP contribution in [0.15, 0.2) is 30.3 Å². The number of nitrogens with one attached hydrogen (secondary N) is 2. The van der Waals surface area contributed by atoms with Gasteiger partial charge >= 0.3 is 6.09 Å². The van der Waals surface area contributed by atoms with Crippen molar-refractivity contribution in [1.29, 1.82) is 0 Å². The van der Waals surface area contributed by atoms with E-state index in [0.29, 0.717) is 19.4 Å². The number of ether oxygens (including phenoxy) is 1. The van der Waals surface area contributed by atoms with Crippen molar-refractivity contribution in [2.45, 2.75) is 25.9 Å². The molecule has 6 nitrogen and oxygen atoms in total. The molecule has 19 heavy (non-hydrogen) atoms. The zero-order valence-electron chi connectivity index (χ0n) is 10.6. The molecule has 0 aliphatic heterocycles. The predicted molar refractivity (Wildman–Crippen MR) is 68.4 cm³/mol. The SMILES string of the molecule is O=C(CCCCNC(=O)OCc1ccccc1)NO. The van der Waals surface area contributed by atoms with Crippen LogP contribution in [-0.4, -0.2) is 23.8 Å². The fraction of sp³-hybridized carbons (Fsp3) is 0.385. The molecule has 0 atom stereocenters. The highest BCUT2D eigenvalue weighted by Crippen LogP contribution is 2.00. The molecule has 0 bridgehead atoms. The lowest BCUT2D eigenvalue weighted by Gasteiger charge is -2.06. The molecule has 0 saturated carbocycles. The number of alkyl carbamates (subject to hydrolysis) is 1. The van der Waals surface area contributed by atoms with E-state index in [1.165, 1.54) is 0 Å². The maximum absolute atomic E-state index is 11.3. The van der Waals surface area contributed by atoms with Crippen molar-refractivity contribution in [3.8, 4) is 0 Å². The molecule has 0 radical (unpaired) electrons. The minimum Gasteiger partial charge on any atom is -0.445 e. The maximum Gasteiger partial charge on any atom is 0.407 e. The summed E-state index contributed by atoms with van der Waals surface area (Å²) in [5.74, 6) is -0.424. The van der Waals surface area contributed by atoms with Crippen LogP contribution in [0.1, 0.15) is 24.8 Å². The predicted octanol–water partition coefficient (Wildman–Crippen LogP) is 1.59. The van der Waals surface area contributed by atoms with Crippen molar-refractivity contribution in [2.24, 2.45) is 0 Å². The first-order chi connectivity index (χ1) is 9.22. The van der Waals surface area contributed by atoms with Crippen LogP contribution in [0, 0.1) is 0 Å². The lowest BCUT2D eigenvalue weighted by Crippen LogP contribution is -2.25. The van der Waals surface area contributed by atoms with Gasteiger partial charge in [0, 0.05) is 13.0 Å². The molecule has 0 spiro atoms. The fourth-order valence-corrected chi connectivity index (χ4v) is 1.43. The normalized spacial score (nSPS) is 9.74. The van der Waals surface area contributed by atoms with Crippen molar-refractivity contribution in [1.82, 2.24) is 10.8 Å². The molecular formula is C13H18N2O4. The van der Waals surface area contributed by atoms with E-state index in [4.69, 9.17) is 9.94 Å². The smallest absolute Gasteiger partial charge is 0.407 e. The summed E-state index contributed by atoms with van der Waals surface area (Å²) in [5.41, 5.74) is 2.48. The third-order valence-corrected chi connectivity index (χ3v) is 2.44. The molecular weight excluding hydrogens is 248 g/mol. The van der Waals surface area contributed by atoms with Crippen LogP contribution >= 0.6 is 0 Å². The van der Waals surface area contributed by atoms with Crippen molar-refractivity contribution < 1.29 is 19.5 Å². The topological polar surface area (TPSA) is 87.7 Å². The maximum atomic E-state index is 11.3. The lowest BCUT2D eigenvalue weighted by atomic mass is 10.2. The summed E-state index contributed by atoms with van der Waals surface area (Å²) in [7, 11) is 0. The van der Waals surface area contributed by atoms with Crippen molar-refractivity contribution in [2.75, 3.05) is 6.54 Å². The van der Waals surface area contributed by atoms with E-state index in [2.05, 4.69) is 5.32 Å². The largest absolute Gasteiger partial charge is 0.445 e. The van der Waals surface area contributed by atoms with Crippen LogP contribution in [0.3, 0.4) is 0 Å². The Morgan fingerprint density at radius 2 is 1.89 bits per heavy atom. The molecule has 3 N–H and O–H groups in total. The van der Waals surface area contributed by atoms with E-state index in [-0.39, 0.29) is 13.0 Å². The van der Waals surface area contributed by atoms with Crippen molar-refractivity contribution in [3.05, 3.63) is 35.9 Å². The Kier molecular flexibility index (Phi) is 7.04. The molecule has 0 aliphatic carbocycles. The second-order valence-corrected chi connectivity index (χ2v) is 3.98. The van der Waals surface area contributed by atoms with Gasteiger partial charge in [0.2, 0.25) is 5.91 Å². The average Bonchev–Trinajstić information content (AvgIpc) is 2.45. The minimum absolute atomic E-state index is 0.233. The molecule has 1 rings (SSSR count). The highest BCUT2D eigenvalue weighted by molar-refractivity contribution is 5.74. The quantitative estimate of drug-likeness (QED) is 0.397. The highest BCUT2D eigenvalue weighted by Gasteiger charge is 2.02. The lowest BCUT2D eigenvalue weighted by molar-refractivity contribution is -0.129. The summed E-state index contributed by atoms with van der Waals surface area (Å²) >= 11 is 0. The average molecular weight is 266 g/mol. The van der Waals surface area contributed by atoms with Gasteiger partial charge in [0.25, 0.3) is 0 Å². The first kappa shape index (κ1) is 15.0. The Balaban J connectivity index is 2.04. The van der Waals surface area contributed by atoms with Gasteiger partial charge in [-0.3, -0.25) is 10.0 Å². The monoisotopic (exact) mass is 266 g/mol. The Labute approximate surface area is 111 Å². The number of hydroxylamine groups is 1. The van der Waals surface area contributed by atoms with Crippen LogP contribution in [-0.2, 0) is 16.1 Å². The van der Waals surface area contributed by atoms with E-state index in [9.17, 15) is 9.59 Å². The molecule has 1 aromatic rings. The molecule has 104 valence electrons. The van der Waals surface area contributed by atoms with E-state index in [0.717, 1.165) is 5.56 Å². The zero-order chi connectivity index (χ0) is 13.9. The van der Waals surface area contributed by atoms with E-state index < -0.39 is 12.0 Å². The summed E-state index contributed by atoms with van der Waals surface area (Å²) in [6.45, 7) is 0.673. The molecule has 0 aliphatic rings. The number of hydrogen-bond donors (Lipinski definition) is 3. The van der Waals surface area contributed by atoms with E-state index in [1.807, 2.05) is 30.3 Å². The van der Waals surface area contributed by atoms with Crippen LogP contribution in [0.2, 0.25) is 0 Å². The van der Waals surface area contributed by atoms with Gasteiger partial charge in [-0.2, -0.15) is 0 Å². The summed E-state index contributed by atoms with van der Waals surface area (Å²) in [6, 6.07) is 9.40. The molecule has 2 amide bonds. The number of amides is 2. The van der Waals surface area contributed by atoms with Crippen LogP contribution in [0.4, 0.5) is 4.79 Å². The first-order valence-corrected chi connectivity index (χ1v) is 6.10. The highest BCUT2D eigenvalue weighted by atomic mass is 16.5. The Bertz CT molecular complexity index is 395. The first-order valence-electron chi connectivity index (χ1n) is 6.10. The molecule has 1 aromatic carbocycles. The molecule has 0 aromatic heterocycles. The Hall–Kier alpha value is -2.08. The summed E-state index contributed by atoms with van der Waals surface area (Å²) in [5, 5.41) is 10.9. The van der Waals surface area contributed by atoms with E-state index in [1.54, 1.807) is 5.48 Å². The Morgan fingerprint density at radius 3 is 2.58 bits per heavy atom. The van der Waals surface area contributed by atoms with Crippen molar-refractivity contribution in [3.63, 3.8) is 0 Å². The van der Waals surface area contributed by atoms with Gasteiger partial charge in [-0.15, -0.1) is 0 Å². The summed E-state index contributed by atoms with van der Waals surface area (Å²) < 4.78 is 5.01. The number of unbranched alkanes of at least 4 members (excludes halogenated alkanes) is 1. The number of carbonyl (C=O) groups excluding carboxylic acids is 2. The third-order valence-electron chi connectivity index (χ3n) is 2.44. The molecule has 0 heterocycles. The molecule has 0 fully saturated rings. The molecule has 0 saturated heterocycles. The van der Waals surface area contributed by atoms with Gasteiger partial charge in [-0.05, 0) is 18.4 Å². The van der Waals surface area contributed by atoms with Gasteiger partial charge in [0.1, 0.15) is 6.61 Å². The molecule has 0 unspecified atom stereocenters. The number of carbonyl (C=O) groups is 2. The van der Waals surface area contributed by atoms with Crippen LogP contribution in [0.5, 0.6) is 0 Å². The second kappa shape index (κ2) is 8.93. The minimum atomic E-state index is -0.476. The Morgan fingerprint density at radius 1 is 1.16 bits per heavy atom. The van der Waals surface area contributed by atoms with Crippen molar-refractivity contribution >= 4 is 12.0 Å². The standard InChI is InChI=1S/C13H18N2O4/c16-12(15-18)8-4-5-9-14-13(17)19-10-11-6-2-1-3-7-11/h1-3,6-7,18H,4-5,8-10H2,(H,14,17)(H,15,16). The zero-order valence-corrected chi connectivity index (χ0v) is 10.6.